The lowest BCUT2D eigenvalue weighted by atomic mass is 10.1. The maximum Gasteiger partial charge on any atom is 0.387 e. The Morgan fingerprint density at radius 3 is 2.54 bits per heavy atom. The van der Waals surface area contributed by atoms with E-state index in [1.807, 2.05) is 0 Å². The molecule has 2 rings (SSSR count). The molecule has 26 heavy (non-hydrogen) atoms. The largest absolute Gasteiger partial charge is 0.507 e. The van der Waals surface area contributed by atoms with Gasteiger partial charge >= 0.3 is 12.6 Å². The van der Waals surface area contributed by atoms with Gasteiger partial charge in [-0.1, -0.05) is 23.8 Å². The van der Waals surface area contributed by atoms with E-state index in [1.165, 1.54) is 43.3 Å². The first-order valence-electron chi connectivity index (χ1n) is 7.63. The van der Waals surface area contributed by atoms with Crippen LogP contribution in [0.3, 0.4) is 0 Å². The molecule has 0 aromatic heterocycles. The minimum atomic E-state index is -3.05. The third-order valence-corrected chi connectivity index (χ3v) is 3.39. The number of para-hydroxylation sites is 2. The Morgan fingerprint density at radius 1 is 1.15 bits per heavy atom. The summed E-state index contributed by atoms with van der Waals surface area (Å²) in [5.74, 6) is -2.11. The average Bonchev–Trinajstić information content (AvgIpc) is 2.58. The molecule has 0 bridgehead atoms. The topological polar surface area (TPSA) is 84.9 Å². The van der Waals surface area contributed by atoms with Gasteiger partial charge in [-0.25, -0.2) is 4.79 Å². The summed E-state index contributed by atoms with van der Waals surface area (Å²) in [5.41, 5.74) is 0.662. The van der Waals surface area contributed by atoms with Crippen molar-refractivity contribution in [3.63, 3.8) is 0 Å². The summed E-state index contributed by atoms with van der Waals surface area (Å²) in [6.07, 6.45) is -1.23. The van der Waals surface area contributed by atoms with E-state index >= 15 is 0 Å². The molecule has 0 heterocycles. The van der Waals surface area contributed by atoms with E-state index in [0.717, 1.165) is 5.56 Å². The van der Waals surface area contributed by atoms with Gasteiger partial charge in [0.15, 0.2) is 6.10 Å². The first-order valence-corrected chi connectivity index (χ1v) is 7.63. The van der Waals surface area contributed by atoms with Crippen LogP contribution in [0.15, 0.2) is 42.5 Å². The number of amides is 1. The summed E-state index contributed by atoms with van der Waals surface area (Å²) in [7, 11) is 0. The maximum absolute atomic E-state index is 12.4. The lowest BCUT2D eigenvalue weighted by Crippen LogP contribution is -2.30. The van der Waals surface area contributed by atoms with Crippen LogP contribution < -0.4 is 10.1 Å². The Balaban J connectivity index is 2.06. The lowest BCUT2D eigenvalue weighted by Gasteiger charge is -2.16. The van der Waals surface area contributed by atoms with Crippen LogP contribution in [0.4, 0.5) is 14.5 Å². The minimum Gasteiger partial charge on any atom is -0.507 e. The highest BCUT2D eigenvalue weighted by Crippen LogP contribution is 2.26. The number of aryl methyl sites for hydroxylation is 1. The predicted octanol–water partition coefficient (Wildman–Crippen LogP) is 3.49. The van der Waals surface area contributed by atoms with Gasteiger partial charge in [-0.05, 0) is 38.1 Å². The van der Waals surface area contributed by atoms with Gasteiger partial charge in [0.2, 0.25) is 0 Å². The summed E-state index contributed by atoms with van der Waals surface area (Å²) >= 11 is 0. The lowest BCUT2D eigenvalue weighted by molar-refractivity contribution is -0.123. The molecule has 1 amide bonds. The zero-order chi connectivity index (χ0) is 19.3. The van der Waals surface area contributed by atoms with Crippen molar-refractivity contribution in [2.24, 2.45) is 0 Å². The van der Waals surface area contributed by atoms with Crippen molar-refractivity contribution in [3.05, 3.63) is 53.6 Å². The average molecular weight is 365 g/mol. The molecule has 8 heteroatoms. The van der Waals surface area contributed by atoms with E-state index in [9.17, 15) is 23.5 Å². The molecule has 2 aromatic carbocycles. The summed E-state index contributed by atoms with van der Waals surface area (Å²) in [4.78, 5) is 24.3. The fourth-order valence-corrected chi connectivity index (χ4v) is 2.09. The molecule has 1 unspecified atom stereocenters. The first kappa shape index (κ1) is 19.2. The number of hydrogen-bond donors (Lipinski definition) is 2. The van der Waals surface area contributed by atoms with Gasteiger partial charge in [0.25, 0.3) is 5.91 Å². The number of aromatic hydroxyl groups is 1. The molecule has 1 atom stereocenters. The number of nitrogens with one attached hydrogen (secondary N) is 1. The third kappa shape index (κ3) is 4.92. The number of carbonyl (C=O) groups excluding carboxylic acids is 2. The molecule has 6 nitrogen and oxygen atoms in total. The molecule has 0 aliphatic rings. The number of carbonyl (C=O) groups is 2. The second-order valence-corrected chi connectivity index (χ2v) is 5.43. The zero-order valence-corrected chi connectivity index (χ0v) is 14.0. The number of phenolic OH excluding ortho intramolecular Hbond substituents is 1. The third-order valence-electron chi connectivity index (χ3n) is 3.39. The molecule has 0 spiro atoms. The van der Waals surface area contributed by atoms with Crippen molar-refractivity contribution in [1.82, 2.24) is 0 Å². The molecule has 0 saturated carbocycles. The second-order valence-electron chi connectivity index (χ2n) is 5.43. The summed E-state index contributed by atoms with van der Waals surface area (Å²) in [6, 6.07) is 10.0. The Morgan fingerprint density at radius 2 is 1.85 bits per heavy atom. The van der Waals surface area contributed by atoms with Gasteiger partial charge in [-0.15, -0.1) is 0 Å². The van der Waals surface area contributed by atoms with E-state index in [2.05, 4.69) is 10.1 Å². The van der Waals surface area contributed by atoms with Crippen LogP contribution >= 0.6 is 0 Å². The number of ether oxygens (including phenoxy) is 2. The SMILES string of the molecule is Cc1ccc(O)c(C(=O)OC(C)C(=O)Nc2ccccc2OC(F)F)c1. The Bertz CT molecular complexity index is 810. The van der Waals surface area contributed by atoms with E-state index in [0.29, 0.717) is 0 Å². The highest BCUT2D eigenvalue weighted by atomic mass is 19.3. The van der Waals surface area contributed by atoms with Crippen LogP contribution in [-0.2, 0) is 9.53 Å². The molecule has 0 fully saturated rings. The van der Waals surface area contributed by atoms with Gasteiger partial charge in [-0.3, -0.25) is 4.79 Å². The standard InChI is InChI=1S/C18H17F2NO5/c1-10-7-8-14(22)12(9-10)17(24)25-11(2)16(23)21-13-5-3-4-6-15(13)26-18(19)20/h3-9,11,18,22H,1-2H3,(H,21,23). The van der Waals surface area contributed by atoms with E-state index in [1.54, 1.807) is 13.0 Å². The fraction of sp³-hybridized carbons (Fsp3) is 0.222. The van der Waals surface area contributed by atoms with Crippen LogP contribution in [0.5, 0.6) is 11.5 Å². The van der Waals surface area contributed by atoms with E-state index in [-0.39, 0.29) is 22.7 Å². The second kappa shape index (κ2) is 8.28. The molecule has 2 N–H and O–H groups in total. The fourth-order valence-electron chi connectivity index (χ4n) is 2.09. The molecule has 138 valence electrons. The quantitative estimate of drug-likeness (QED) is 0.766. The summed E-state index contributed by atoms with van der Waals surface area (Å²) < 4.78 is 34.1. The number of halogens is 2. The van der Waals surface area contributed by atoms with Gasteiger partial charge < -0.3 is 19.9 Å². The molecule has 0 radical (unpaired) electrons. The van der Waals surface area contributed by atoms with Gasteiger partial charge in [-0.2, -0.15) is 8.78 Å². The predicted molar refractivity (Wildman–Crippen MR) is 89.4 cm³/mol. The monoisotopic (exact) mass is 365 g/mol. The van der Waals surface area contributed by atoms with Crippen molar-refractivity contribution in [1.29, 1.82) is 0 Å². The van der Waals surface area contributed by atoms with Crippen molar-refractivity contribution in [3.8, 4) is 11.5 Å². The van der Waals surface area contributed by atoms with Gasteiger partial charge in [0.1, 0.15) is 17.1 Å². The number of hydrogen-bond acceptors (Lipinski definition) is 5. The van der Waals surface area contributed by atoms with Crippen LogP contribution in [0.2, 0.25) is 0 Å². The number of rotatable bonds is 6. The highest BCUT2D eigenvalue weighted by molar-refractivity contribution is 5.99. The number of benzene rings is 2. The molecule has 0 saturated heterocycles. The summed E-state index contributed by atoms with van der Waals surface area (Å²) in [6.45, 7) is -0.00392. The molecule has 0 aliphatic carbocycles. The number of alkyl halides is 2. The van der Waals surface area contributed by atoms with Crippen molar-refractivity contribution >= 4 is 17.6 Å². The Labute approximate surface area is 148 Å². The maximum atomic E-state index is 12.4. The molecular weight excluding hydrogens is 348 g/mol. The zero-order valence-electron chi connectivity index (χ0n) is 14.0. The van der Waals surface area contributed by atoms with Crippen LogP contribution in [0.25, 0.3) is 0 Å². The van der Waals surface area contributed by atoms with Crippen LogP contribution in [0.1, 0.15) is 22.8 Å². The van der Waals surface area contributed by atoms with Crippen molar-refractivity contribution in [2.45, 2.75) is 26.6 Å². The van der Waals surface area contributed by atoms with Crippen LogP contribution in [0, 0.1) is 6.92 Å². The van der Waals surface area contributed by atoms with Gasteiger partial charge in [0.05, 0.1) is 5.69 Å². The van der Waals surface area contributed by atoms with E-state index < -0.39 is 24.6 Å². The Hall–Kier alpha value is -3.16. The molecular formula is C18H17F2NO5. The molecule has 2 aromatic rings. The number of anilines is 1. The smallest absolute Gasteiger partial charge is 0.387 e. The normalized spacial score (nSPS) is 11.7. The summed E-state index contributed by atoms with van der Waals surface area (Å²) in [5, 5.41) is 12.1. The highest BCUT2D eigenvalue weighted by Gasteiger charge is 2.22. The van der Waals surface area contributed by atoms with Crippen molar-refractivity contribution < 1.29 is 33.0 Å². The Kier molecular flexibility index (Phi) is 6.11. The minimum absolute atomic E-state index is 0.0131. The van der Waals surface area contributed by atoms with Crippen LogP contribution in [-0.4, -0.2) is 29.7 Å². The van der Waals surface area contributed by atoms with Crippen molar-refractivity contribution in [2.75, 3.05) is 5.32 Å². The first-order chi connectivity index (χ1) is 12.3. The number of phenols is 1. The molecule has 0 aliphatic heterocycles. The van der Waals surface area contributed by atoms with Gasteiger partial charge in [0, 0.05) is 0 Å². The number of esters is 1. The van der Waals surface area contributed by atoms with E-state index in [4.69, 9.17) is 4.74 Å².